The number of aromatic nitrogens is 2. The van der Waals surface area contributed by atoms with Gasteiger partial charge >= 0.3 is 0 Å². The van der Waals surface area contributed by atoms with E-state index in [-0.39, 0.29) is 0 Å². The van der Waals surface area contributed by atoms with Crippen molar-refractivity contribution >= 4 is 17.0 Å². The van der Waals surface area contributed by atoms with Gasteiger partial charge < -0.3 is 14.7 Å². The van der Waals surface area contributed by atoms with Crippen molar-refractivity contribution in [2.24, 2.45) is 0 Å². The molecular weight excluding hydrogens is 228 g/mol. The Morgan fingerprint density at radius 2 is 2.28 bits per heavy atom. The first-order valence-electron chi connectivity index (χ1n) is 5.46. The summed E-state index contributed by atoms with van der Waals surface area (Å²) in [4.78, 5) is 4.26. The molecule has 2 N–H and O–H groups in total. The number of anilines is 1. The van der Waals surface area contributed by atoms with Crippen LogP contribution < -0.4 is 5.73 Å². The van der Waals surface area contributed by atoms with E-state index in [4.69, 9.17) is 15.4 Å². The minimum Gasteiger partial charge on any atom is -0.467 e. The third-order valence-electron chi connectivity index (χ3n) is 2.80. The van der Waals surface area contributed by atoms with Crippen LogP contribution in [0, 0.1) is 11.3 Å². The van der Waals surface area contributed by atoms with Gasteiger partial charge in [0, 0.05) is 0 Å². The van der Waals surface area contributed by atoms with E-state index in [1.54, 1.807) is 24.5 Å². The topological polar surface area (TPSA) is 80.8 Å². The summed E-state index contributed by atoms with van der Waals surface area (Å²) in [6.07, 6.45) is 1.62. The molecule has 3 rings (SSSR count). The van der Waals surface area contributed by atoms with Crippen molar-refractivity contribution in [3.63, 3.8) is 0 Å². The average molecular weight is 238 g/mol. The molecular formula is C13H10N4O. The molecule has 0 aliphatic rings. The molecule has 0 atom stereocenters. The predicted molar refractivity (Wildman–Crippen MR) is 66.7 cm³/mol. The van der Waals surface area contributed by atoms with E-state index in [9.17, 15) is 0 Å². The molecule has 0 amide bonds. The van der Waals surface area contributed by atoms with Gasteiger partial charge in [-0.05, 0) is 30.3 Å². The quantitative estimate of drug-likeness (QED) is 0.741. The van der Waals surface area contributed by atoms with E-state index in [0.29, 0.717) is 18.1 Å². The maximum absolute atomic E-state index is 8.92. The lowest BCUT2D eigenvalue weighted by molar-refractivity contribution is 0.497. The van der Waals surface area contributed by atoms with E-state index in [1.807, 2.05) is 16.7 Å². The third-order valence-corrected chi connectivity index (χ3v) is 2.80. The standard InChI is InChI=1S/C13H10N4O/c14-7-9-3-4-11-12(6-9)17(13(15)16-11)8-10-2-1-5-18-10/h1-6H,8H2,(H2,15,16). The first kappa shape index (κ1) is 10.4. The number of hydrogen-bond donors (Lipinski definition) is 1. The molecule has 0 fully saturated rings. The van der Waals surface area contributed by atoms with Gasteiger partial charge in [-0.15, -0.1) is 0 Å². The van der Waals surface area contributed by atoms with E-state index in [0.717, 1.165) is 16.8 Å². The minimum atomic E-state index is 0.413. The highest BCUT2D eigenvalue weighted by molar-refractivity contribution is 5.79. The van der Waals surface area contributed by atoms with Crippen LogP contribution in [0.4, 0.5) is 5.95 Å². The molecule has 1 aromatic carbocycles. The molecule has 2 aromatic heterocycles. The fourth-order valence-electron chi connectivity index (χ4n) is 1.94. The lowest BCUT2D eigenvalue weighted by Gasteiger charge is -2.03. The highest BCUT2D eigenvalue weighted by Crippen LogP contribution is 2.20. The van der Waals surface area contributed by atoms with Crippen molar-refractivity contribution in [1.82, 2.24) is 9.55 Å². The lowest BCUT2D eigenvalue weighted by atomic mass is 10.2. The molecule has 0 unspecified atom stereocenters. The van der Waals surface area contributed by atoms with Crippen LogP contribution in [0.3, 0.4) is 0 Å². The molecule has 0 saturated carbocycles. The zero-order chi connectivity index (χ0) is 12.5. The summed E-state index contributed by atoms with van der Waals surface area (Å²) < 4.78 is 7.13. The summed E-state index contributed by atoms with van der Waals surface area (Å²) in [7, 11) is 0. The number of fused-ring (bicyclic) bond motifs is 1. The zero-order valence-electron chi connectivity index (χ0n) is 9.50. The highest BCUT2D eigenvalue weighted by atomic mass is 16.3. The summed E-state index contributed by atoms with van der Waals surface area (Å²) in [5.41, 5.74) is 8.09. The van der Waals surface area contributed by atoms with E-state index >= 15 is 0 Å². The second kappa shape index (κ2) is 3.93. The normalized spacial score (nSPS) is 10.6. The summed E-state index contributed by atoms with van der Waals surface area (Å²) >= 11 is 0. The zero-order valence-corrected chi connectivity index (χ0v) is 9.50. The van der Waals surface area contributed by atoms with Crippen molar-refractivity contribution < 1.29 is 4.42 Å². The highest BCUT2D eigenvalue weighted by Gasteiger charge is 2.10. The van der Waals surface area contributed by atoms with Gasteiger partial charge in [0.05, 0.1) is 35.5 Å². The van der Waals surface area contributed by atoms with E-state index in [2.05, 4.69) is 11.1 Å². The van der Waals surface area contributed by atoms with Gasteiger partial charge in [-0.3, -0.25) is 0 Å². The smallest absolute Gasteiger partial charge is 0.201 e. The Balaban J connectivity index is 2.15. The summed E-state index contributed by atoms with van der Waals surface area (Å²) in [5, 5.41) is 8.92. The fourth-order valence-corrected chi connectivity index (χ4v) is 1.94. The Hall–Kier alpha value is -2.74. The van der Waals surface area contributed by atoms with Crippen molar-refractivity contribution in [1.29, 1.82) is 5.26 Å². The van der Waals surface area contributed by atoms with Crippen molar-refractivity contribution in [2.45, 2.75) is 6.54 Å². The average Bonchev–Trinajstić information content (AvgIpc) is 2.99. The summed E-state index contributed by atoms with van der Waals surface area (Å²) in [6.45, 7) is 0.504. The van der Waals surface area contributed by atoms with E-state index < -0.39 is 0 Å². The predicted octanol–water partition coefficient (Wildman–Crippen LogP) is 2.13. The number of rotatable bonds is 2. The first-order chi connectivity index (χ1) is 8.78. The van der Waals surface area contributed by atoms with Crippen LogP contribution in [0.15, 0.2) is 41.0 Å². The van der Waals surface area contributed by atoms with Crippen molar-refractivity contribution in [2.75, 3.05) is 5.73 Å². The van der Waals surface area contributed by atoms with Crippen LogP contribution in [0.2, 0.25) is 0 Å². The number of nitrogens with two attached hydrogens (primary N) is 1. The van der Waals surface area contributed by atoms with Gasteiger partial charge in [0.1, 0.15) is 5.76 Å². The molecule has 0 spiro atoms. The number of benzene rings is 1. The van der Waals surface area contributed by atoms with Crippen LogP contribution >= 0.6 is 0 Å². The summed E-state index contributed by atoms with van der Waals surface area (Å²) in [6, 6.07) is 11.1. The van der Waals surface area contributed by atoms with Crippen LogP contribution in [0.5, 0.6) is 0 Å². The van der Waals surface area contributed by atoms with Gasteiger partial charge in [-0.25, -0.2) is 4.98 Å². The number of nitriles is 1. The molecule has 0 radical (unpaired) electrons. The van der Waals surface area contributed by atoms with E-state index in [1.165, 1.54) is 0 Å². The number of nitrogens with zero attached hydrogens (tertiary/aromatic N) is 3. The molecule has 2 heterocycles. The SMILES string of the molecule is N#Cc1ccc2nc(N)n(Cc3ccco3)c2c1. The van der Waals surface area contributed by atoms with Gasteiger partial charge in [-0.1, -0.05) is 0 Å². The second-order valence-electron chi connectivity index (χ2n) is 3.95. The Morgan fingerprint density at radius 1 is 1.39 bits per heavy atom. The van der Waals surface area contributed by atoms with Crippen molar-refractivity contribution in [3.05, 3.63) is 47.9 Å². The number of hydrogen-bond acceptors (Lipinski definition) is 4. The Bertz CT molecular complexity index is 734. The number of furan rings is 1. The minimum absolute atomic E-state index is 0.413. The van der Waals surface area contributed by atoms with Gasteiger partial charge in [0.15, 0.2) is 0 Å². The maximum atomic E-state index is 8.92. The molecule has 0 aliphatic heterocycles. The van der Waals surface area contributed by atoms with Gasteiger partial charge in [0.25, 0.3) is 0 Å². The van der Waals surface area contributed by atoms with Crippen LogP contribution in [0.1, 0.15) is 11.3 Å². The number of imidazole rings is 1. The molecule has 5 nitrogen and oxygen atoms in total. The largest absolute Gasteiger partial charge is 0.467 e. The Kier molecular flexibility index (Phi) is 2.27. The molecule has 0 aliphatic carbocycles. The van der Waals surface area contributed by atoms with Crippen LogP contribution in [-0.4, -0.2) is 9.55 Å². The fraction of sp³-hybridized carbons (Fsp3) is 0.0769. The molecule has 18 heavy (non-hydrogen) atoms. The summed E-state index contributed by atoms with van der Waals surface area (Å²) in [5.74, 6) is 1.21. The molecule has 3 aromatic rings. The molecule has 5 heteroatoms. The van der Waals surface area contributed by atoms with Crippen LogP contribution in [0.25, 0.3) is 11.0 Å². The van der Waals surface area contributed by atoms with Crippen LogP contribution in [-0.2, 0) is 6.54 Å². The maximum Gasteiger partial charge on any atom is 0.201 e. The lowest BCUT2D eigenvalue weighted by Crippen LogP contribution is -2.03. The Labute approximate surface area is 103 Å². The molecule has 0 saturated heterocycles. The van der Waals surface area contributed by atoms with Gasteiger partial charge in [0.2, 0.25) is 5.95 Å². The monoisotopic (exact) mass is 238 g/mol. The number of nitrogen functional groups attached to an aromatic ring is 1. The first-order valence-corrected chi connectivity index (χ1v) is 5.46. The Morgan fingerprint density at radius 3 is 3.00 bits per heavy atom. The molecule has 88 valence electrons. The second-order valence-corrected chi connectivity index (χ2v) is 3.95. The third kappa shape index (κ3) is 1.60. The molecule has 0 bridgehead atoms. The van der Waals surface area contributed by atoms with Crippen molar-refractivity contribution in [3.8, 4) is 6.07 Å². The van der Waals surface area contributed by atoms with Gasteiger partial charge in [-0.2, -0.15) is 5.26 Å².